The van der Waals surface area contributed by atoms with Crippen LogP contribution in [0, 0.1) is 5.82 Å². The first kappa shape index (κ1) is 13.8. The SMILES string of the molecule is CC1(C)CC(NCc2ccc(Cl)cc2F)CCO1. The molecule has 18 heavy (non-hydrogen) atoms. The fourth-order valence-corrected chi connectivity index (χ4v) is 2.48. The van der Waals surface area contributed by atoms with Gasteiger partial charge in [0.25, 0.3) is 0 Å². The van der Waals surface area contributed by atoms with Gasteiger partial charge in [0.1, 0.15) is 5.82 Å². The lowest BCUT2D eigenvalue weighted by Crippen LogP contribution is -2.43. The molecule has 1 heterocycles. The average Bonchev–Trinajstić information content (AvgIpc) is 2.26. The second kappa shape index (κ2) is 5.55. The van der Waals surface area contributed by atoms with E-state index in [2.05, 4.69) is 19.2 Å². The molecule has 1 N–H and O–H groups in total. The Kier molecular flexibility index (Phi) is 4.25. The Balaban J connectivity index is 1.91. The van der Waals surface area contributed by atoms with Crippen molar-refractivity contribution >= 4 is 11.6 Å². The van der Waals surface area contributed by atoms with Crippen LogP contribution in [0.5, 0.6) is 0 Å². The molecule has 1 atom stereocenters. The molecule has 0 radical (unpaired) electrons. The van der Waals surface area contributed by atoms with Gasteiger partial charge in [-0.2, -0.15) is 0 Å². The second-order valence-electron chi connectivity index (χ2n) is 5.41. The topological polar surface area (TPSA) is 21.3 Å². The minimum Gasteiger partial charge on any atom is -0.375 e. The Hall–Kier alpha value is -0.640. The molecule has 1 unspecified atom stereocenters. The number of rotatable bonds is 3. The van der Waals surface area contributed by atoms with E-state index in [4.69, 9.17) is 16.3 Å². The van der Waals surface area contributed by atoms with Crippen LogP contribution in [0.4, 0.5) is 4.39 Å². The van der Waals surface area contributed by atoms with Crippen LogP contribution < -0.4 is 5.32 Å². The van der Waals surface area contributed by atoms with E-state index in [9.17, 15) is 4.39 Å². The Morgan fingerprint density at radius 2 is 2.28 bits per heavy atom. The first-order valence-corrected chi connectivity index (χ1v) is 6.65. The maximum Gasteiger partial charge on any atom is 0.129 e. The lowest BCUT2D eigenvalue weighted by atomic mass is 9.94. The van der Waals surface area contributed by atoms with Crippen LogP contribution in [-0.4, -0.2) is 18.2 Å². The molecule has 0 aliphatic carbocycles. The maximum atomic E-state index is 13.6. The minimum atomic E-state index is -0.249. The molecule has 0 bridgehead atoms. The summed E-state index contributed by atoms with van der Waals surface area (Å²) in [5, 5.41) is 3.82. The average molecular weight is 272 g/mol. The zero-order chi connectivity index (χ0) is 13.2. The quantitative estimate of drug-likeness (QED) is 0.908. The van der Waals surface area contributed by atoms with E-state index in [1.54, 1.807) is 12.1 Å². The molecule has 2 nitrogen and oxygen atoms in total. The molecule has 0 saturated carbocycles. The third kappa shape index (κ3) is 3.67. The third-order valence-corrected chi connectivity index (χ3v) is 3.53. The molecule has 1 aliphatic rings. The fourth-order valence-electron chi connectivity index (χ4n) is 2.33. The lowest BCUT2D eigenvalue weighted by molar-refractivity contribution is -0.0630. The van der Waals surface area contributed by atoms with Gasteiger partial charge in [-0.25, -0.2) is 4.39 Å². The van der Waals surface area contributed by atoms with Gasteiger partial charge >= 0.3 is 0 Å². The van der Waals surface area contributed by atoms with Crippen molar-refractivity contribution in [3.63, 3.8) is 0 Å². The van der Waals surface area contributed by atoms with Gasteiger partial charge in [-0.05, 0) is 38.8 Å². The van der Waals surface area contributed by atoms with Crippen molar-refractivity contribution < 1.29 is 9.13 Å². The fraction of sp³-hybridized carbons (Fsp3) is 0.571. The number of benzene rings is 1. The molecule has 1 aromatic carbocycles. The second-order valence-corrected chi connectivity index (χ2v) is 5.85. The summed E-state index contributed by atoms with van der Waals surface area (Å²) in [6, 6.07) is 5.18. The van der Waals surface area contributed by atoms with E-state index in [1.165, 1.54) is 6.07 Å². The molecule has 2 rings (SSSR count). The van der Waals surface area contributed by atoms with Crippen LogP contribution in [0.1, 0.15) is 32.3 Å². The van der Waals surface area contributed by atoms with Crippen molar-refractivity contribution in [2.45, 2.75) is 44.9 Å². The Morgan fingerprint density at radius 3 is 2.94 bits per heavy atom. The highest BCUT2D eigenvalue weighted by Crippen LogP contribution is 2.24. The Bertz CT molecular complexity index is 422. The number of hydrogen-bond acceptors (Lipinski definition) is 2. The summed E-state index contributed by atoms with van der Waals surface area (Å²) < 4.78 is 19.3. The summed E-state index contributed by atoms with van der Waals surface area (Å²) in [5.74, 6) is -0.249. The van der Waals surface area contributed by atoms with Crippen molar-refractivity contribution in [2.75, 3.05) is 6.61 Å². The molecule has 1 fully saturated rings. The standard InChI is InChI=1S/C14H19ClFNO/c1-14(2)8-12(5-6-18-14)17-9-10-3-4-11(15)7-13(10)16/h3-4,7,12,17H,5-6,8-9H2,1-2H3. The highest BCUT2D eigenvalue weighted by molar-refractivity contribution is 6.30. The summed E-state index contributed by atoms with van der Waals surface area (Å²) in [6.45, 7) is 5.46. The third-order valence-electron chi connectivity index (χ3n) is 3.29. The lowest BCUT2D eigenvalue weighted by Gasteiger charge is -2.36. The van der Waals surface area contributed by atoms with Gasteiger partial charge in [0, 0.05) is 29.8 Å². The van der Waals surface area contributed by atoms with Gasteiger partial charge in [-0.1, -0.05) is 17.7 Å². The Morgan fingerprint density at radius 1 is 1.50 bits per heavy atom. The Labute approximate surface area is 112 Å². The van der Waals surface area contributed by atoms with Crippen molar-refractivity contribution in [3.8, 4) is 0 Å². The highest BCUT2D eigenvalue weighted by atomic mass is 35.5. The molecule has 1 aromatic rings. The summed E-state index contributed by atoms with van der Waals surface area (Å²) in [4.78, 5) is 0. The van der Waals surface area contributed by atoms with Gasteiger partial charge in [-0.15, -0.1) is 0 Å². The molecule has 0 spiro atoms. The highest BCUT2D eigenvalue weighted by Gasteiger charge is 2.28. The van der Waals surface area contributed by atoms with Crippen molar-refractivity contribution in [1.82, 2.24) is 5.32 Å². The van der Waals surface area contributed by atoms with Gasteiger partial charge in [0.2, 0.25) is 0 Å². The van der Waals surface area contributed by atoms with Crippen molar-refractivity contribution in [1.29, 1.82) is 0 Å². The van der Waals surface area contributed by atoms with Crippen LogP contribution in [-0.2, 0) is 11.3 Å². The van der Waals surface area contributed by atoms with E-state index in [0.717, 1.165) is 19.4 Å². The summed E-state index contributed by atoms with van der Waals surface area (Å²) in [5.41, 5.74) is 0.567. The van der Waals surface area contributed by atoms with Crippen LogP contribution >= 0.6 is 11.6 Å². The molecule has 0 aromatic heterocycles. The van der Waals surface area contributed by atoms with E-state index in [0.29, 0.717) is 23.2 Å². The predicted molar refractivity (Wildman–Crippen MR) is 71.3 cm³/mol. The van der Waals surface area contributed by atoms with Gasteiger partial charge < -0.3 is 10.1 Å². The zero-order valence-corrected chi connectivity index (χ0v) is 11.6. The summed E-state index contributed by atoms with van der Waals surface area (Å²) in [7, 11) is 0. The molecular weight excluding hydrogens is 253 g/mol. The molecule has 100 valence electrons. The van der Waals surface area contributed by atoms with Crippen LogP contribution in [0.25, 0.3) is 0 Å². The normalized spacial score (nSPS) is 23.0. The maximum absolute atomic E-state index is 13.6. The van der Waals surface area contributed by atoms with E-state index < -0.39 is 0 Å². The van der Waals surface area contributed by atoms with Gasteiger partial charge in [-0.3, -0.25) is 0 Å². The first-order chi connectivity index (χ1) is 8.46. The molecule has 4 heteroatoms. The monoisotopic (exact) mass is 271 g/mol. The van der Waals surface area contributed by atoms with Crippen LogP contribution in [0.15, 0.2) is 18.2 Å². The molecule has 0 amide bonds. The summed E-state index contributed by atoms with van der Waals surface area (Å²) >= 11 is 5.73. The molecule has 1 aliphatic heterocycles. The van der Waals surface area contributed by atoms with Crippen LogP contribution in [0.3, 0.4) is 0 Å². The predicted octanol–water partition coefficient (Wildman–Crippen LogP) is 3.53. The zero-order valence-electron chi connectivity index (χ0n) is 10.8. The van der Waals surface area contributed by atoms with E-state index >= 15 is 0 Å². The molecular formula is C14H19ClFNO. The minimum absolute atomic E-state index is 0.0888. The number of ether oxygens (including phenoxy) is 1. The first-order valence-electron chi connectivity index (χ1n) is 6.27. The molecule has 1 saturated heterocycles. The van der Waals surface area contributed by atoms with E-state index in [1.807, 2.05) is 0 Å². The number of nitrogens with one attached hydrogen (secondary N) is 1. The van der Waals surface area contributed by atoms with Gasteiger partial charge in [0.05, 0.1) is 5.60 Å². The van der Waals surface area contributed by atoms with Gasteiger partial charge in [0.15, 0.2) is 0 Å². The smallest absolute Gasteiger partial charge is 0.129 e. The van der Waals surface area contributed by atoms with Crippen molar-refractivity contribution in [3.05, 3.63) is 34.6 Å². The van der Waals surface area contributed by atoms with E-state index in [-0.39, 0.29) is 11.4 Å². The van der Waals surface area contributed by atoms with Crippen molar-refractivity contribution in [2.24, 2.45) is 0 Å². The largest absolute Gasteiger partial charge is 0.375 e. The number of hydrogen-bond donors (Lipinski definition) is 1. The number of halogens is 2. The summed E-state index contributed by atoms with van der Waals surface area (Å²) in [6.07, 6.45) is 1.92. The van der Waals surface area contributed by atoms with Crippen LogP contribution in [0.2, 0.25) is 5.02 Å².